The molecule has 0 bridgehead atoms. The van der Waals surface area contributed by atoms with Crippen molar-refractivity contribution >= 4 is 10.7 Å². The van der Waals surface area contributed by atoms with Crippen molar-refractivity contribution in [1.82, 2.24) is 0 Å². The van der Waals surface area contributed by atoms with Crippen LogP contribution in [0.15, 0.2) is 23.1 Å². The van der Waals surface area contributed by atoms with E-state index in [1.807, 2.05) is 13.0 Å². The second kappa shape index (κ2) is 3.73. The average molecular weight is 212 g/mol. The standard InChI is InChI=1S/C11H16O2S/c1-8-5-9(11(2,3)4)7-10(6-8)14(12)13/h5-7,14H,1-4H3. The third kappa shape index (κ3) is 2.58. The Kier molecular flexibility index (Phi) is 3.00. The predicted molar refractivity (Wildman–Crippen MR) is 58.5 cm³/mol. The highest BCUT2D eigenvalue weighted by molar-refractivity contribution is 7.72. The third-order valence-corrected chi connectivity index (χ3v) is 2.82. The van der Waals surface area contributed by atoms with E-state index in [1.165, 1.54) is 0 Å². The van der Waals surface area contributed by atoms with Crippen molar-refractivity contribution in [1.29, 1.82) is 0 Å². The van der Waals surface area contributed by atoms with Crippen LogP contribution in [0.5, 0.6) is 0 Å². The van der Waals surface area contributed by atoms with E-state index >= 15 is 0 Å². The lowest BCUT2D eigenvalue weighted by Crippen LogP contribution is -2.11. The number of hydrogen-bond acceptors (Lipinski definition) is 2. The first-order valence-corrected chi connectivity index (χ1v) is 5.75. The van der Waals surface area contributed by atoms with E-state index in [-0.39, 0.29) is 5.41 Å². The maximum absolute atomic E-state index is 10.9. The van der Waals surface area contributed by atoms with E-state index < -0.39 is 10.7 Å². The zero-order chi connectivity index (χ0) is 10.9. The molecule has 0 heterocycles. The quantitative estimate of drug-likeness (QED) is 0.725. The van der Waals surface area contributed by atoms with E-state index in [1.54, 1.807) is 12.1 Å². The molecule has 0 aliphatic carbocycles. The maximum Gasteiger partial charge on any atom is 0.168 e. The molecule has 3 heteroatoms. The van der Waals surface area contributed by atoms with Gasteiger partial charge in [0.05, 0.1) is 4.90 Å². The Morgan fingerprint density at radius 3 is 2.07 bits per heavy atom. The summed E-state index contributed by atoms with van der Waals surface area (Å²) < 4.78 is 21.7. The summed E-state index contributed by atoms with van der Waals surface area (Å²) in [6.07, 6.45) is 0. The predicted octanol–water partition coefficient (Wildman–Crippen LogP) is 2.26. The van der Waals surface area contributed by atoms with Gasteiger partial charge in [-0.05, 0) is 35.6 Å². The topological polar surface area (TPSA) is 34.1 Å². The van der Waals surface area contributed by atoms with Crippen LogP contribution < -0.4 is 0 Å². The molecular formula is C11H16O2S. The summed E-state index contributed by atoms with van der Waals surface area (Å²) >= 11 is 0. The van der Waals surface area contributed by atoms with Gasteiger partial charge in [0.2, 0.25) is 0 Å². The van der Waals surface area contributed by atoms with E-state index in [9.17, 15) is 8.42 Å². The fourth-order valence-corrected chi connectivity index (χ4v) is 1.85. The van der Waals surface area contributed by atoms with Gasteiger partial charge < -0.3 is 0 Å². The fraction of sp³-hybridized carbons (Fsp3) is 0.455. The first kappa shape index (κ1) is 11.2. The van der Waals surface area contributed by atoms with Gasteiger partial charge >= 0.3 is 0 Å². The minimum absolute atomic E-state index is 0.00782. The molecule has 1 aromatic rings. The summed E-state index contributed by atoms with van der Waals surface area (Å²) in [6.45, 7) is 8.13. The van der Waals surface area contributed by atoms with Crippen LogP contribution in [-0.4, -0.2) is 8.42 Å². The summed E-state index contributed by atoms with van der Waals surface area (Å²) in [7, 11) is -2.48. The molecular weight excluding hydrogens is 196 g/mol. The van der Waals surface area contributed by atoms with Gasteiger partial charge in [0.15, 0.2) is 10.7 Å². The number of aryl methyl sites for hydroxylation is 1. The SMILES string of the molecule is Cc1cc([SH](=O)=O)cc(C(C)(C)C)c1. The fourth-order valence-electron chi connectivity index (χ4n) is 1.30. The van der Waals surface area contributed by atoms with Crippen LogP contribution in [0.1, 0.15) is 31.9 Å². The van der Waals surface area contributed by atoms with Crippen molar-refractivity contribution in [3.63, 3.8) is 0 Å². The summed E-state index contributed by atoms with van der Waals surface area (Å²) in [6, 6.07) is 5.47. The molecule has 78 valence electrons. The van der Waals surface area contributed by atoms with Gasteiger partial charge in [-0.25, -0.2) is 8.42 Å². The van der Waals surface area contributed by atoms with E-state index in [0.29, 0.717) is 4.90 Å². The molecule has 0 aromatic heterocycles. The molecule has 0 aliphatic heterocycles. The third-order valence-electron chi connectivity index (χ3n) is 2.14. The first-order chi connectivity index (χ1) is 6.30. The Bertz CT molecular complexity index is 404. The normalized spacial score (nSPS) is 12.1. The number of rotatable bonds is 1. The summed E-state index contributed by atoms with van der Waals surface area (Å²) in [4.78, 5) is 0.407. The van der Waals surface area contributed by atoms with Crippen LogP contribution in [0.2, 0.25) is 0 Å². The molecule has 1 rings (SSSR count). The van der Waals surface area contributed by atoms with Crippen molar-refractivity contribution in [2.24, 2.45) is 0 Å². The highest BCUT2D eigenvalue weighted by Crippen LogP contribution is 2.24. The van der Waals surface area contributed by atoms with E-state index in [0.717, 1.165) is 11.1 Å². The molecule has 1 aromatic carbocycles. The molecule has 0 N–H and O–H groups in total. The Morgan fingerprint density at radius 2 is 1.64 bits per heavy atom. The lowest BCUT2D eigenvalue weighted by atomic mass is 9.86. The Morgan fingerprint density at radius 1 is 1.07 bits per heavy atom. The zero-order valence-electron chi connectivity index (χ0n) is 9.00. The van der Waals surface area contributed by atoms with Crippen molar-refractivity contribution in [3.8, 4) is 0 Å². The number of thiol groups is 1. The highest BCUT2D eigenvalue weighted by Gasteiger charge is 2.14. The van der Waals surface area contributed by atoms with Gasteiger partial charge in [-0.2, -0.15) is 0 Å². The summed E-state index contributed by atoms with van der Waals surface area (Å²) in [5.74, 6) is 0. The van der Waals surface area contributed by atoms with Gasteiger partial charge in [-0.15, -0.1) is 0 Å². The molecule has 0 saturated carbocycles. The minimum Gasteiger partial charge on any atom is -0.227 e. The molecule has 0 radical (unpaired) electrons. The van der Waals surface area contributed by atoms with E-state index in [2.05, 4.69) is 20.8 Å². The summed E-state index contributed by atoms with van der Waals surface area (Å²) in [5.41, 5.74) is 2.05. The maximum atomic E-state index is 10.9. The number of hydrogen-bond donors (Lipinski definition) is 1. The molecule has 0 fully saturated rings. The lowest BCUT2D eigenvalue weighted by molar-refractivity contribution is 0.586. The molecule has 0 unspecified atom stereocenters. The lowest BCUT2D eigenvalue weighted by Gasteiger charge is -2.19. The molecule has 0 amide bonds. The van der Waals surface area contributed by atoms with E-state index in [4.69, 9.17) is 0 Å². The van der Waals surface area contributed by atoms with Crippen molar-refractivity contribution in [2.75, 3.05) is 0 Å². The Hall–Kier alpha value is -0.830. The van der Waals surface area contributed by atoms with Crippen LogP contribution in [0, 0.1) is 6.92 Å². The van der Waals surface area contributed by atoms with Crippen LogP contribution in [0.4, 0.5) is 0 Å². The molecule has 0 saturated heterocycles. The Balaban J connectivity index is 3.35. The second-order valence-corrected chi connectivity index (χ2v) is 5.59. The first-order valence-electron chi connectivity index (χ1n) is 4.57. The van der Waals surface area contributed by atoms with Crippen LogP contribution >= 0.6 is 0 Å². The second-order valence-electron chi connectivity index (χ2n) is 4.56. The van der Waals surface area contributed by atoms with Crippen LogP contribution in [0.3, 0.4) is 0 Å². The van der Waals surface area contributed by atoms with Crippen molar-refractivity contribution in [3.05, 3.63) is 29.3 Å². The van der Waals surface area contributed by atoms with Crippen LogP contribution in [-0.2, 0) is 16.1 Å². The van der Waals surface area contributed by atoms with Crippen molar-refractivity contribution in [2.45, 2.75) is 38.0 Å². The van der Waals surface area contributed by atoms with Crippen molar-refractivity contribution < 1.29 is 8.42 Å². The van der Waals surface area contributed by atoms with Gasteiger partial charge in [0.25, 0.3) is 0 Å². The zero-order valence-corrected chi connectivity index (χ0v) is 9.89. The smallest absolute Gasteiger partial charge is 0.168 e. The average Bonchev–Trinajstić information content (AvgIpc) is 2.01. The highest BCUT2D eigenvalue weighted by atomic mass is 32.2. The monoisotopic (exact) mass is 212 g/mol. The molecule has 0 aliphatic rings. The minimum atomic E-state index is -2.48. The van der Waals surface area contributed by atoms with Gasteiger partial charge in [0, 0.05) is 0 Å². The van der Waals surface area contributed by atoms with Crippen LogP contribution in [0.25, 0.3) is 0 Å². The van der Waals surface area contributed by atoms with Gasteiger partial charge in [-0.1, -0.05) is 26.8 Å². The van der Waals surface area contributed by atoms with Gasteiger partial charge in [-0.3, -0.25) is 0 Å². The molecule has 0 spiro atoms. The summed E-state index contributed by atoms with van der Waals surface area (Å²) in [5, 5.41) is 0. The van der Waals surface area contributed by atoms with Gasteiger partial charge in [0.1, 0.15) is 0 Å². The Labute approximate surface area is 86.9 Å². The largest absolute Gasteiger partial charge is 0.227 e. The number of benzene rings is 1. The molecule has 14 heavy (non-hydrogen) atoms. The molecule has 0 atom stereocenters. The molecule has 2 nitrogen and oxygen atoms in total.